The zero-order chi connectivity index (χ0) is 18.9. The molecular weight excluding hydrogens is 330 g/mol. The maximum absolute atomic E-state index is 13.1. The van der Waals surface area contributed by atoms with Crippen LogP contribution in [0.1, 0.15) is 39.2 Å². The molecule has 26 heavy (non-hydrogen) atoms. The fourth-order valence-corrected chi connectivity index (χ4v) is 4.23. The third kappa shape index (κ3) is 3.20. The topological polar surface area (TPSA) is 69.7 Å². The molecule has 0 saturated carbocycles. The largest absolute Gasteiger partial charge is 0.341 e. The molecule has 4 amide bonds. The fourth-order valence-electron chi connectivity index (χ4n) is 4.23. The maximum Gasteiger partial charge on any atom is 0.325 e. The average molecular weight is 357 g/mol. The second kappa shape index (κ2) is 7.09. The monoisotopic (exact) mass is 357 g/mol. The van der Waals surface area contributed by atoms with Crippen LogP contribution in [0, 0.1) is 11.8 Å². The Morgan fingerprint density at radius 3 is 2.35 bits per heavy atom. The van der Waals surface area contributed by atoms with E-state index < -0.39 is 11.6 Å². The molecule has 0 aliphatic carbocycles. The number of carbonyl (C=O) groups excluding carboxylic acids is 3. The molecule has 0 spiro atoms. The predicted octanol–water partition coefficient (Wildman–Crippen LogP) is 2.35. The Hall–Kier alpha value is -2.37. The quantitative estimate of drug-likeness (QED) is 0.841. The van der Waals surface area contributed by atoms with Crippen molar-refractivity contribution in [1.82, 2.24) is 15.1 Å². The van der Waals surface area contributed by atoms with Crippen LogP contribution in [-0.2, 0) is 15.1 Å². The number of nitrogens with zero attached hydrogens (tertiary/aromatic N) is 2. The molecule has 1 aromatic rings. The van der Waals surface area contributed by atoms with Gasteiger partial charge in [0.2, 0.25) is 5.91 Å². The number of likely N-dealkylation sites (tertiary alicyclic amines) is 1. The average Bonchev–Trinajstić information content (AvgIpc) is 2.86. The molecule has 6 nitrogen and oxygen atoms in total. The fraction of sp³-hybridized carbons (Fsp3) is 0.550. The van der Waals surface area contributed by atoms with Gasteiger partial charge in [0.1, 0.15) is 12.1 Å². The minimum absolute atomic E-state index is 0.160. The molecule has 3 atom stereocenters. The third-order valence-corrected chi connectivity index (χ3v) is 5.49. The summed E-state index contributed by atoms with van der Waals surface area (Å²) < 4.78 is 0. The number of urea groups is 1. The molecule has 6 heteroatoms. The third-order valence-electron chi connectivity index (χ3n) is 5.49. The molecule has 3 rings (SSSR count). The van der Waals surface area contributed by atoms with Gasteiger partial charge in [-0.25, -0.2) is 4.79 Å². The summed E-state index contributed by atoms with van der Waals surface area (Å²) in [5, 5.41) is 2.83. The van der Waals surface area contributed by atoms with E-state index in [9.17, 15) is 14.4 Å². The summed E-state index contributed by atoms with van der Waals surface area (Å²) in [7, 11) is 0. The maximum atomic E-state index is 13.1. The van der Waals surface area contributed by atoms with Crippen LogP contribution in [0.4, 0.5) is 4.79 Å². The Morgan fingerprint density at radius 1 is 1.15 bits per heavy atom. The van der Waals surface area contributed by atoms with Gasteiger partial charge in [0.25, 0.3) is 5.91 Å². The van der Waals surface area contributed by atoms with Crippen molar-refractivity contribution in [2.24, 2.45) is 11.8 Å². The number of nitrogens with one attached hydrogen (secondary N) is 1. The zero-order valence-corrected chi connectivity index (χ0v) is 15.7. The van der Waals surface area contributed by atoms with Crippen molar-refractivity contribution in [3.8, 4) is 0 Å². The highest BCUT2D eigenvalue weighted by molar-refractivity contribution is 6.09. The summed E-state index contributed by atoms with van der Waals surface area (Å²) in [6, 6.07) is 8.73. The number of carbonyl (C=O) groups is 3. The van der Waals surface area contributed by atoms with Crippen LogP contribution in [0.5, 0.6) is 0 Å². The van der Waals surface area contributed by atoms with E-state index in [0.717, 1.165) is 16.9 Å². The van der Waals surface area contributed by atoms with Crippen LogP contribution >= 0.6 is 0 Å². The molecule has 0 bridgehead atoms. The van der Waals surface area contributed by atoms with Crippen LogP contribution in [-0.4, -0.2) is 47.3 Å². The van der Waals surface area contributed by atoms with Gasteiger partial charge in [0.15, 0.2) is 0 Å². The van der Waals surface area contributed by atoms with Crippen molar-refractivity contribution in [1.29, 1.82) is 0 Å². The first-order valence-electron chi connectivity index (χ1n) is 9.34. The van der Waals surface area contributed by atoms with E-state index >= 15 is 0 Å². The van der Waals surface area contributed by atoms with Gasteiger partial charge in [0, 0.05) is 13.1 Å². The molecule has 2 aliphatic rings. The number of rotatable bonds is 4. The highest BCUT2D eigenvalue weighted by Gasteiger charge is 2.51. The normalized spacial score (nSPS) is 29.0. The summed E-state index contributed by atoms with van der Waals surface area (Å²) in [5.41, 5.74) is -0.336. The van der Waals surface area contributed by atoms with E-state index in [1.807, 2.05) is 37.3 Å². The number of benzene rings is 1. The molecule has 140 valence electrons. The molecule has 0 unspecified atom stereocenters. The molecule has 2 aliphatic heterocycles. The molecule has 0 aromatic heterocycles. The van der Waals surface area contributed by atoms with Gasteiger partial charge in [-0.2, -0.15) is 0 Å². The minimum atomic E-state index is -1.08. The van der Waals surface area contributed by atoms with Crippen LogP contribution in [0.25, 0.3) is 0 Å². The lowest BCUT2D eigenvalue weighted by Gasteiger charge is -2.35. The first-order valence-corrected chi connectivity index (χ1v) is 9.34. The summed E-state index contributed by atoms with van der Waals surface area (Å²) in [6.45, 7) is 7.29. The standard InChI is InChI=1S/C20H27N3O3/c1-4-20(16-8-6-5-7-9-16)18(25)23(19(26)21-20)13-17(24)22-11-14(2)10-15(3)12-22/h5-9,14-15H,4,10-13H2,1-3H3,(H,21,26)/t14-,15+,20-/m1/s1. The Kier molecular flexibility index (Phi) is 5.03. The van der Waals surface area contributed by atoms with Crippen LogP contribution in [0.3, 0.4) is 0 Å². The van der Waals surface area contributed by atoms with Gasteiger partial charge >= 0.3 is 6.03 Å². The Labute approximate surface area is 154 Å². The highest BCUT2D eigenvalue weighted by Crippen LogP contribution is 2.32. The molecule has 0 radical (unpaired) electrons. The van der Waals surface area contributed by atoms with Crippen molar-refractivity contribution >= 4 is 17.8 Å². The number of piperidine rings is 1. The summed E-state index contributed by atoms with van der Waals surface area (Å²) in [4.78, 5) is 41.2. The minimum Gasteiger partial charge on any atom is -0.341 e. The molecule has 2 heterocycles. The van der Waals surface area contributed by atoms with E-state index in [-0.39, 0.29) is 18.4 Å². The summed E-state index contributed by atoms with van der Waals surface area (Å²) >= 11 is 0. The Balaban J connectivity index is 1.78. The SMILES string of the molecule is CC[C@]1(c2ccccc2)NC(=O)N(CC(=O)N2C[C@H](C)C[C@H](C)C2)C1=O. The highest BCUT2D eigenvalue weighted by atomic mass is 16.2. The van der Waals surface area contributed by atoms with Crippen molar-refractivity contribution < 1.29 is 14.4 Å². The van der Waals surface area contributed by atoms with E-state index in [2.05, 4.69) is 19.2 Å². The van der Waals surface area contributed by atoms with Crippen LogP contribution < -0.4 is 5.32 Å². The lowest BCUT2D eigenvalue weighted by Crippen LogP contribution is -2.49. The predicted molar refractivity (Wildman–Crippen MR) is 98.2 cm³/mol. The van der Waals surface area contributed by atoms with E-state index in [1.54, 1.807) is 4.90 Å². The lowest BCUT2D eigenvalue weighted by atomic mass is 9.87. The molecule has 1 N–H and O–H groups in total. The second-order valence-corrected chi connectivity index (χ2v) is 7.69. The summed E-state index contributed by atoms with van der Waals surface area (Å²) in [6.07, 6.45) is 1.53. The van der Waals surface area contributed by atoms with Gasteiger partial charge in [-0.15, -0.1) is 0 Å². The number of hydrogen-bond donors (Lipinski definition) is 1. The first-order chi connectivity index (χ1) is 12.4. The second-order valence-electron chi connectivity index (χ2n) is 7.69. The van der Waals surface area contributed by atoms with Crippen molar-refractivity contribution in [2.75, 3.05) is 19.6 Å². The van der Waals surface area contributed by atoms with Gasteiger partial charge in [0.05, 0.1) is 0 Å². The molecule has 2 fully saturated rings. The van der Waals surface area contributed by atoms with Gasteiger partial charge in [-0.1, -0.05) is 51.1 Å². The number of hydrogen-bond acceptors (Lipinski definition) is 3. The zero-order valence-electron chi connectivity index (χ0n) is 15.7. The Bertz CT molecular complexity index is 696. The number of imide groups is 1. The van der Waals surface area contributed by atoms with E-state index in [1.165, 1.54) is 0 Å². The van der Waals surface area contributed by atoms with E-state index in [4.69, 9.17) is 0 Å². The van der Waals surface area contributed by atoms with Crippen molar-refractivity contribution in [3.05, 3.63) is 35.9 Å². The summed E-state index contributed by atoms with van der Waals surface area (Å²) in [5.74, 6) is 0.365. The Morgan fingerprint density at radius 2 is 1.77 bits per heavy atom. The van der Waals surface area contributed by atoms with Crippen LogP contribution in [0.2, 0.25) is 0 Å². The first kappa shape index (κ1) is 18.4. The molecule has 1 aromatic carbocycles. The number of amides is 4. The van der Waals surface area contributed by atoms with E-state index in [0.29, 0.717) is 31.3 Å². The van der Waals surface area contributed by atoms with Gasteiger partial charge in [-0.05, 0) is 30.2 Å². The molecule has 2 saturated heterocycles. The lowest BCUT2D eigenvalue weighted by molar-refractivity contribution is -0.140. The smallest absolute Gasteiger partial charge is 0.325 e. The van der Waals surface area contributed by atoms with Gasteiger partial charge < -0.3 is 10.2 Å². The van der Waals surface area contributed by atoms with Gasteiger partial charge in [-0.3, -0.25) is 14.5 Å². The van der Waals surface area contributed by atoms with Crippen molar-refractivity contribution in [2.45, 2.75) is 39.2 Å². The van der Waals surface area contributed by atoms with Crippen molar-refractivity contribution in [3.63, 3.8) is 0 Å². The molecular formula is C20H27N3O3. The van der Waals surface area contributed by atoms with Crippen LogP contribution in [0.15, 0.2) is 30.3 Å².